The topological polar surface area (TPSA) is 112 Å². The van der Waals surface area contributed by atoms with Gasteiger partial charge in [0.2, 0.25) is 5.91 Å². The van der Waals surface area contributed by atoms with E-state index in [1.165, 1.54) is 12.4 Å². The summed E-state index contributed by atoms with van der Waals surface area (Å²) in [6, 6.07) is -0.186. The predicted molar refractivity (Wildman–Crippen MR) is 62.0 cm³/mol. The van der Waals surface area contributed by atoms with Gasteiger partial charge in [0.25, 0.3) is 0 Å². The Bertz CT molecular complexity index is 254. The van der Waals surface area contributed by atoms with Crippen LogP contribution in [0.3, 0.4) is 0 Å². The van der Waals surface area contributed by atoms with Crippen molar-refractivity contribution in [3.8, 4) is 0 Å². The summed E-state index contributed by atoms with van der Waals surface area (Å²) in [5, 5.41) is 14.4. The summed E-state index contributed by atoms with van der Waals surface area (Å²) in [6.07, 6.45) is 3.74. The third-order valence-corrected chi connectivity index (χ3v) is 1.61. The van der Waals surface area contributed by atoms with Crippen LogP contribution in [0.5, 0.6) is 0 Å². The van der Waals surface area contributed by atoms with E-state index in [0.29, 0.717) is 6.42 Å². The van der Waals surface area contributed by atoms with Crippen molar-refractivity contribution in [3.63, 3.8) is 0 Å². The molecule has 0 fully saturated rings. The lowest BCUT2D eigenvalue weighted by Crippen LogP contribution is -2.49. The summed E-state index contributed by atoms with van der Waals surface area (Å²) in [7, 11) is 0. The fraction of sp³-hybridized carbons (Fsp3) is 0.556. The van der Waals surface area contributed by atoms with Crippen LogP contribution in [-0.2, 0) is 4.79 Å². The van der Waals surface area contributed by atoms with E-state index in [1.807, 2.05) is 0 Å². The van der Waals surface area contributed by atoms with Gasteiger partial charge in [0.1, 0.15) is 0 Å². The maximum absolute atomic E-state index is 10.9. The first-order valence-corrected chi connectivity index (χ1v) is 4.98. The fourth-order valence-corrected chi connectivity index (χ4v) is 0.853. The molecule has 0 aliphatic rings. The molecule has 2 unspecified atom stereocenters. The zero-order valence-electron chi connectivity index (χ0n) is 9.47. The molecule has 0 saturated heterocycles. The van der Waals surface area contributed by atoms with Crippen LogP contribution < -0.4 is 21.9 Å². The van der Waals surface area contributed by atoms with Crippen molar-refractivity contribution in [2.45, 2.75) is 32.7 Å². The van der Waals surface area contributed by atoms with Crippen LogP contribution in [0.4, 0.5) is 0 Å². The van der Waals surface area contributed by atoms with Gasteiger partial charge in [0.05, 0.1) is 0 Å². The number of hydrazine groups is 1. The first kappa shape index (κ1) is 14.6. The van der Waals surface area contributed by atoms with Crippen LogP contribution in [-0.4, -0.2) is 29.6 Å². The Hall–Kier alpha value is -1.44. The molecular formula is C9H19N5O2. The number of hydrogen-bond donors (Lipinski definition) is 5. The summed E-state index contributed by atoms with van der Waals surface area (Å²) in [4.78, 5) is 14.8. The van der Waals surface area contributed by atoms with Crippen molar-refractivity contribution in [2.75, 3.05) is 0 Å². The van der Waals surface area contributed by atoms with Gasteiger partial charge in [0.15, 0.2) is 6.35 Å². The quantitative estimate of drug-likeness (QED) is 0.162. The number of nitrogens with two attached hydrogens (primary N) is 1. The molecule has 1 amide bonds. The molecule has 0 rings (SSSR count). The minimum Gasteiger partial charge on any atom is -0.361 e. The Morgan fingerprint density at radius 3 is 2.88 bits per heavy atom. The number of aliphatic imine (C=N–C) groups is 1. The molecule has 0 heterocycles. The number of amides is 1. The third-order valence-electron chi connectivity index (χ3n) is 1.61. The molecule has 92 valence electrons. The lowest BCUT2D eigenvalue weighted by Gasteiger charge is -2.16. The Labute approximate surface area is 94.8 Å². The van der Waals surface area contributed by atoms with Crippen molar-refractivity contribution in [1.82, 2.24) is 16.1 Å². The second kappa shape index (κ2) is 8.84. The predicted octanol–water partition coefficient (Wildman–Crippen LogP) is -1.23. The van der Waals surface area contributed by atoms with Crippen molar-refractivity contribution >= 4 is 12.1 Å². The van der Waals surface area contributed by atoms with Crippen molar-refractivity contribution in [2.24, 2.45) is 10.8 Å². The second-order valence-corrected chi connectivity index (χ2v) is 3.06. The molecule has 7 heteroatoms. The smallest absolute Gasteiger partial charge is 0.222 e. The first-order valence-electron chi connectivity index (χ1n) is 4.98. The fourth-order valence-electron chi connectivity index (χ4n) is 0.853. The van der Waals surface area contributed by atoms with Crippen LogP contribution in [0.25, 0.3) is 0 Å². The Balaban J connectivity index is 3.85. The van der Waals surface area contributed by atoms with Crippen molar-refractivity contribution in [3.05, 3.63) is 12.4 Å². The number of aliphatic hydroxyl groups excluding tert-OH is 1. The Morgan fingerprint density at radius 2 is 2.31 bits per heavy atom. The lowest BCUT2D eigenvalue weighted by molar-refractivity contribution is -0.124. The zero-order valence-corrected chi connectivity index (χ0v) is 9.47. The standard InChI is InChI=1S/C9H19N5O2/c1-3-8(15)14-9(16)13-7(2)6-11-4-5-12-10/h4-7,9,12-13,16H,3,10H2,1-2H3,(H,14,15)/b5-4-,11-6?. The number of carbonyl (C=O) groups excluding carboxylic acids is 1. The molecule has 7 nitrogen and oxygen atoms in total. The summed E-state index contributed by atoms with van der Waals surface area (Å²) < 4.78 is 0. The monoisotopic (exact) mass is 229 g/mol. The maximum Gasteiger partial charge on any atom is 0.222 e. The van der Waals surface area contributed by atoms with Gasteiger partial charge in [-0.15, -0.1) is 0 Å². The second-order valence-electron chi connectivity index (χ2n) is 3.06. The van der Waals surface area contributed by atoms with Crippen LogP contribution in [0, 0.1) is 0 Å². The largest absolute Gasteiger partial charge is 0.361 e. The number of carbonyl (C=O) groups is 1. The molecule has 16 heavy (non-hydrogen) atoms. The van der Waals surface area contributed by atoms with Gasteiger partial charge in [-0.1, -0.05) is 6.92 Å². The highest BCUT2D eigenvalue weighted by Crippen LogP contribution is 1.82. The molecule has 0 aliphatic heterocycles. The molecule has 0 saturated carbocycles. The van der Waals surface area contributed by atoms with E-state index in [-0.39, 0.29) is 11.9 Å². The van der Waals surface area contributed by atoms with E-state index < -0.39 is 6.35 Å². The highest BCUT2D eigenvalue weighted by molar-refractivity contribution is 5.75. The summed E-state index contributed by atoms with van der Waals surface area (Å²) in [6.45, 7) is 3.49. The van der Waals surface area contributed by atoms with Gasteiger partial charge in [-0.05, 0) is 6.92 Å². The van der Waals surface area contributed by atoms with E-state index in [4.69, 9.17) is 5.84 Å². The van der Waals surface area contributed by atoms with Crippen molar-refractivity contribution in [1.29, 1.82) is 0 Å². The summed E-state index contributed by atoms with van der Waals surface area (Å²) in [5.74, 6) is 4.76. The van der Waals surface area contributed by atoms with Gasteiger partial charge in [-0.25, -0.2) is 0 Å². The Morgan fingerprint density at radius 1 is 1.62 bits per heavy atom. The average molecular weight is 229 g/mol. The van der Waals surface area contributed by atoms with Crippen LogP contribution >= 0.6 is 0 Å². The van der Waals surface area contributed by atoms with Gasteiger partial charge in [-0.3, -0.25) is 20.9 Å². The Kier molecular flexibility index (Phi) is 8.04. The van der Waals surface area contributed by atoms with Crippen LogP contribution in [0.1, 0.15) is 20.3 Å². The van der Waals surface area contributed by atoms with E-state index >= 15 is 0 Å². The summed E-state index contributed by atoms with van der Waals surface area (Å²) in [5.41, 5.74) is 2.29. The SMILES string of the molecule is CCC(=O)NC(O)NC(C)C=N/C=C\NN. The number of aliphatic hydroxyl groups is 1. The number of rotatable bonds is 7. The molecule has 0 bridgehead atoms. The van der Waals surface area contributed by atoms with Crippen LogP contribution in [0.2, 0.25) is 0 Å². The molecule has 0 radical (unpaired) electrons. The van der Waals surface area contributed by atoms with Gasteiger partial charge in [-0.2, -0.15) is 0 Å². The molecule has 0 spiro atoms. The highest BCUT2D eigenvalue weighted by Gasteiger charge is 2.08. The highest BCUT2D eigenvalue weighted by atomic mass is 16.3. The van der Waals surface area contributed by atoms with E-state index in [2.05, 4.69) is 21.1 Å². The molecule has 0 aromatic rings. The van der Waals surface area contributed by atoms with Gasteiger partial charge < -0.3 is 15.8 Å². The minimum atomic E-state index is -1.08. The molecule has 0 aliphatic carbocycles. The lowest BCUT2D eigenvalue weighted by atomic mass is 10.4. The molecule has 0 aromatic heterocycles. The zero-order chi connectivity index (χ0) is 12.4. The first-order chi connectivity index (χ1) is 7.60. The number of hydrogen-bond acceptors (Lipinski definition) is 6. The normalized spacial score (nSPS) is 15.2. The van der Waals surface area contributed by atoms with Gasteiger partial charge >= 0.3 is 0 Å². The molecule has 2 atom stereocenters. The van der Waals surface area contributed by atoms with Crippen molar-refractivity contribution < 1.29 is 9.90 Å². The van der Waals surface area contributed by atoms with Gasteiger partial charge in [0, 0.05) is 31.1 Å². The van der Waals surface area contributed by atoms with E-state index in [9.17, 15) is 9.90 Å². The molecule has 6 N–H and O–H groups in total. The maximum atomic E-state index is 10.9. The average Bonchev–Trinajstić information content (AvgIpc) is 2.24. The minimum absolute atomic E-state index is 0.186. The van der Waals surface area contributed by atoms with Crippen LogP contribution in [0.15, 0.2) is 17.4 Å². The molecule has 0 aromatic carbocycles. The van der Waals surface area contributed by atoms with E-state index in [0.717, 1.165) is 0 Å². The third kappa shape index (κ3) is 7.92. The summed E-state index contributed by atoms with van der Waals surface area (Å²) >= 11 is 0. The number of nitrogens with one attached hydrogen (secondary N) is 3. The number of nitrogens with zero attached hydrogens (tertiary/aromatic N) is 1. The molecular weight excluding hydrogens is 210 g/mol. The van der Waals surface area contributed by atoms with E-state index in [1.54, 1.807) is 20.1 Å².